The van der Waals surface area contributed by atoms with Crippen molar-refractivity contribution >= 4 is 20.9 Å². The molecular weight excluding hydrogens is 250 g/mol. The largest absolute Gasteiger partial charge is 0.342 e. The Bertz CT molecular complexity index is 681. The first kappa shape index (κ1) is 13.0. The van der Waals surface area contributed by atoms with Gasteiger partial charge in [0.2, 0.25) is 0 Å². The van der Waals surface area contributed by atoms with Gasteiger partial charge in [-0.05, 0) is 32.0 Å². The number of aromatic amines is 1. The standard InChI is InChI=1S/C12H17N3O2S/c1-12(2,13)7-11-14-9-5-4-8(18(3,16)17)6-10(9)15-11/h4-6H,7,13H2,1-3H3,(H,14,15). The maximum atomic E-state index is 11.5. The zero-order valence-corrected chi connectivity index (χ0v) is 11.5. The number of H-pyrrole nitrogens is 1. The van der Waals surface area contributed by atoms with Crippen LogP contribution in [-0.4, -0.2) is 30.2 Å². The summed E-state index contributed by atoms with van der Waals surface area (Å²) in [5.74, 6) is 0.767. The molecule has 0 aliphatic rings. The third-order valence-corrected chi connectivity index (χ3v) is 3.66. The fraction of sp³-hybridized carbons (Fsp3) is 0.417. The van der Waals surface area contributed by atoms with E-state index in [0.717, 1.165) is 16.9 Å². The van der Waals surface area contributed by atoms with Gasteiger partial charge in [-0.1, -0.05) is 0 Å². The summed E-state index contributed by atoms with van der Waals surface area (Å²) >= 11 is 0. The number of fused-ring (bicyclic) bond motifs is 1. The number of nitrogens with two attached hydrogens (primary N) is 1. The lowest BCUT2D eigenvalue weighted by Gasteiger charge is -2.15. The highest BCUT2D eigenvalue weighted by Gasteiger charge is 2.15. The molecule has 0 amide bonds. The normalized spacial score (nSPS) is 13.1. The van der Waals surface area contributed by atoms with E-state index < -0.39 is 9.84 Å². The van der Waals surface area contributed by atoms with Crippen LogP contribution in [0.5, 0.6) is 0 Å². The molecule has 0 aliphatic carbocycles. The Morgan fingerprint density at radius 1 is 1.39 bits per heavy atom. The SMILES string of the molecule is CC(C)(N)Cc1nc2ccc(S(C)(=O)=O)cc2[nH]1. The molecule has 1 aromatic carbocycles. The molecule has 0 unspecified atom stereocenters. The second kappa shape index (κ2) is 4.07. The molecule has 0 spiro atoms. The minimum absolute atomic E-state index is 0.289. The number of hydrogen-bond donors (Lipinski definition) is 2. The Kier molecular flexibility index (Phi) is 2.95. The van der Waals surface area contributed by atoms with E-state index in [1.165, 1.54) is 6.26 Å². The van der Waals surface area contributed by atoms with Crippen LogP contribution in [0.1, 0.15) is 19.7 Å². The van der Waals surface area contributed by atoms with Crippen LogP contribution in [0, 0.1) is 0 Å². The topological polar surface area (TPSA) is 88.8 Å². The van der Waals surface area contributed by atoms with Crippen LogP contribution >= 0.6 is 0 Å². The zero-order valence-electron chi connectivity index (χ0n) is 10.7. The van der Waals surface area contributed by atoms with E-state index in [4.69, 9.17) is 5.73 Å². The van der Waals surface area contributed by atoms with Gasteiger partial charge < -0.3 is 10.7 Å². The first-order valence-corrected chi connectivity index (χ1v) is 7.52. The lowest BCUT2D eigenvalue weighted by Crippen LogP contribution is -2.34. The Balaban J connectivity index is 2.46. The highest BCUT2D eigenvalue weighted by molar-refractivity contribution is 7.90. The highest BCUT2D eigenvalue weighted by atomic mass is 32.2. The van der Waals surface area contributed by atoms with E-state index in [1.807, 2.05) is 13.8 Å². The lowest BCUT2D eigenvalue weighted by molar-refractivity contribution is 0.505. The molecule has 0 radical (unpaired) electrons. The van der Waals surface area contributed by atoms with Crippen molar-refractivity contribution in [2.24, 2.45) is 5.73 Å². The minimum Gasteiger partial charge on any atom is -0.342 e. The second-order valence-electron chi connectivity index (χ2n) is 5.30. The quantitative estimate of drug-likeness (QED) is 0.875. The van der Waals surface area contributed by atoms with Crippen molar-refractivity contribution in [1.29, 1.82) is 0 Å². The summed E-state index contributed by atoms with van der Waals surface area (Å²) < 4.78 is 22.9. The zero-order chi connectivity index (χ0) is 13.6. The third-order valence-electron chi connectivity index (χ3n) is 2.55. The number of benzene rings is 1. The number of imidazole rings is 1. The summed E-state index contributed by atoms with van der Waals surface area (Å²) in [4.78, 5) is 7.79. The first-order valence-electron chi connectivity index (χ1n) is 5.63. The maximum absolute atomic E-state index is 11.5. The van der Waals surface area contributed by atoms with E-state index >= 15 is 0 Å². The van der Waals surface area contributed by atoms with Crippen LogP contribution in [0.2, 0.25) is 0 Å². The average molecular weight is 267 g/mol. The summed E-state index contributed by atoms with van der Waals surface area (Å²) in [7, 11) is -3.19. The number of sulfone groups is 1. The molecule has 0 fully saturated rings. The van der Waals surface area contributed by atoms with Gasteiger partial charge in [0.05, 0.1) is 15.9 Å². The van der Waals surface area contributed by atoms with Gasteiger partial charge in [0.1, 0.15) is 5.82 Å². The predicted octanol–water partition coefficient (Wildman–Crippen LogP) is 1.25. The van der Waals surface area contributed by atoms with Crippen molar-refractivity contribution in [1.82, 2.24) is 9.97 Å². The van der Waals surface area contributed by atoms with Gasteiger partial charge in [0, 0.05) is 18.2 Å². The average Bonchev–Trinajstić information content (AvgIpc) is 2.53. The Hall–Kier alpha value is -1.40. The van der Waals surface area contributed by atoms with E-state index in [1.54, 1.807) is 18.2 Å². The van der Waals surface area contributed by atoms with Crippen molar-refractivity contribution < 1.29 is 8.42 Å². The molecular formula is C12H17N3O2S. The van der Waals surface area contributed by atoms with Crippen molar-refractivity contribution in [3.05, 3.63) is 24.0 Å². The molecule has 2 rings (SSSR count). The molecule has 0 bridgehead atoms. The molecule has 18 heavy (non-hydrogen) atoms. The molecule has 1 heterocycles. The van der Waals surface area contributed by atoms with Crippen LogP contribution in [0.25, 0.3) is 11.0 Å². The van der Waals surface area contributed by atoms with Crippen LogP contribution in [0.3, 0.4) is 0 Å². The van der Waals surface area contributed by atoms with Crippen LogP contribution in [-0.2, 0) is 16.3 Å². The van der Waals surface area contributed by atoms with Gasteiger partial charge in [0.15, 0.2) is 9.84 Å². The molecule has 2 aromatic rings. The number of nitrogens with zero attached hydrogens (tertiary/aromatic N) is 1. The monoisotopic (exact) mass is 267 g/mol. The molecule has 0 atom stereocenters. The molecule has 0 saturated carbocycles. The summed E-state index contributed by atoms with van der Waals surface area (Å²) in [6.45, 7) is 3.84. The van der Waals surface area contributed by atoms with Gasteiger partial charge >= 0.3 is 0 Å². The fourth-order valence-corrected chi connectivity index (χ4v) is 2.43. The lowest BCUT2D eigenvalue weighted by atomic mass is 10.0. The predicted molar refractivity (Wildman–Crippen MR) is 71.2 cm³/mol. The molecule has 1 aromatic heterocycles. The van der Waals surface area contributed by atoms with E-state index in [0.29, 0.717) is 6.42 Å². The second-order valence-corrected chi connectivity index (χ2v) is 7.32. The van der Waals surface area contributed by atoms with Crippen molar-refractivity contribution in [2.45, 2.75) is 30.7 Å². The molecule has 6 heteroatoms. The highest BCUT2D eigenvalue weighted by Crippen LogP contribution is 2.18. The van der Waals surface area contributed by atoms with Gasteiger partial charge in [0.25, 0.3) is 0 Å². The van der Waals surface area contributed by atoms with Crippen molar-refractivity contribution in [2.75, 3.05) is 6.26 Å². The van der Waals surface area contributed by atoms with E-state index in [9.17, 15) is 8.42 Å². The van der Waals surface area contributed by atoms with E-state index in [-0.39, 0.29) is 10.4 Å². The van der Waals surface area contributed by atoms with Crippen molar-refractivity contribution in [3.8, 4) is 0 Å². The first-order chi connectivity index (χ1) is 8.15. The number of rotatable bonds is 3. The van der Waals surface area contributed by atoms with Gasteiger partial charge in [-0.25, -0.2) is 13.4 Å². The van der Waals surface area contributed by atoms with Gasteiger partial charge in [-0.15, -0.1) is 0 Å². The van der Waals surface area contributed by atoms with Crippen molar-refractivity contribution in [3.63, 3.8) is 0 Å². The Morgan fingerprint density at radius 3 is 2.61 bits per heavy atom. The summed E-state index contributed by atoms with van der Waals surface area (Å²) in [6, 6.07) is 4.87. The number of hydrogen-bond acceptors (Lipinski definition) is 4. The molecule has 98 valence electrons. The smallest absolute Gasteiger partial charge is 0.175 e. The van der Waals surface area contributed by atoms with Gasteiger partial charge in [-0.3, -0.25) is 0 Å². The van der Waals surface area contributed by atoms with Crippen LogP contribution in [0.15, 0.2) is 23.1 Å². The number of aromatic nitrogens is 2. The summed E-state index contributed by atoms with van der Waals surface area (Å²) in [6.07, 6.45) is 1.80. The van der Waals surface area contributed by atoms with Crippen LogP contribution in [0.4, 0.5) is 0 Å². The fourth-order valence-electron chi connectivity index (χ4n) is 1.79. The Labute approximate surface area is 106 Å². The third kappa shape index (κ3) is 2.88. The minimum atomic E-state index is -3.19. The van der Waals surface area contributed by atoms with E-state index in [2.05, 4.69) is 9.97 Å². The van der Waals surface area contributed by atoms with Gasteiger partial charge in [-0.2, -0.15) is 0 Å². The molecule has 5 nitrogen and oxygen atoms in total. The Morgan fingerprint density at radius 2 is 2.06 bits per heavy atom. The summed E-state index contributed by atoms with van der Waals surface area (Å²) in [5.41, 5.74) is 7.05. The number of nitrogens with one attached hydrogen (secondary N) is 1. The molecule has 3 N–H and O–H groups in total. The summed E-state index contributed by atoms with van der Waals surface area (Å²) in [5, 5.41) is 0. The maximum Gasteiger partial charge on any atom is 0.175 e. The molecule has 0 aliphatic heterocycles. The molecule has 0 saturated heterocycles. The van der Waals surface area contributed by atoms with Crippen LogP contribution < -0.4 is 5.73 Å².